The van der Waals surface area contributed by atoms with Crippen molar-refractivity contribution in [1.29, 1.82) is 0 Å². The lowest BCUT2D eigenvalue weighted by atomic mass is 9.69. The van der Waals surface area contributed by atoms with Crippen molar-refractivity contribution >= 4 is 33.0 Å². The third kappa shape index (κ3) is 9.78. The highest BCUT2D eigenvalue weighted by molar-refractivity contribution is 7.91. The third-order valence-corrected chi connectivity index (χ3v) is 11.5. The Kier molecular flexibility index (Phi) is 14.6. The highest BCUT2D eigenvalue weighted by Gasteiger charge is 2.49. The number of anilines is 2. The molecule has 2 amide bonds. The van der Waals surface area contributed by atoms with E-state index < -0.39 is 64.2 Å². The van der Waals surface area contributed by atoms with Crippen molar-refractivity contribution in [1.82, 2.24) is 5.32 Å². The molecule has 1 aliphatic heterocycles. The molecular formula is C35H53N3O10S. The number of rotatable bonds is 17. The topological polar surface area (TPSA) is 217 Å². The van der Waals surface area contributed by atoms with Crippen LogP contribution in [-0.2, 0) is 19.4 Å². The van der Waals surface area contributed by atoms with Crippen LogP contribution in [0.1, 0.15) is 75.8 Å². The van der Waals surface area contributed by atoms with Crippen LogP contribution >= 0.6 is 0 Å². The zero-order valence-corrected chi connectivity index (χ0v) is 29.6. The molecule has 0 spiro atoms. The average Bonchev–Trinajstić information content (AvgIpc) is 3.15. The fraction of sp³-hybridized carbons (Fsp3) is 0.600. The lowest BCUT2D eigenvalue weighted by molar-refractivity contribution is -0.148. The van der Waals surface area contributed by atoms with E-state index in [0.29, 0.717) is 42.5 Å². The Morgan fingerprint density at radius 3 is 2.35 bits per heavy atom. The first-order valence-corrected chi connectivity index (χ1v) is 18.5. The number of unbranched alkanes of at least 4 members (excludes halogenated alkanes) is 2. The summed E-state index contributed by atoms with van der Waals surface area (Å²) in [6.07, 6.45) is -5.23. The molecule has 0 unspecified atom stereocenters. The van der Waals surface area contributed by atoms with E-state index in [1.165, 1.54) is 0 Å². The molecule has 0 saturated carbocycles. The van der Waals surface area contributed by atoms with Crippen molar-refractivity contribution in [3.63, 3.8) is 0 Å². The first kappa shape index (κ1) is 40.3. The van der Waals surface area contributed by atoms with Gasteiger partial charge >= 0.3 is 0 Å². The van der Waals surface area contributed by atoms with Gasteiger partial charge in [-0.25, -0.2) is 8.42 Å². The minimum atomic E-state index is -3.74. The van der Waals surface area contributed by atoms with Gasteiger partial charge in [0.15, 0.2) is 15.9 Å². The monoisotopic (exact) mass is 707 g/mol. The Balaban J connectivity index is 1.76. The molecular weight excluding hydrogens is 654 g/mol. The highest BCUT2D eigenvalue weighted by Crippen LogP contribution is 2.49. The number of nitrogens with zero attached hydrogens (tertiary/aromatic N) is 1. The second-order valence-corrected chi connectivity index (χ2v) is 15.2. The predicted octanol–water partition coefficient (Wildman–Crippen LogP) is 1.28. The fourth-order valence-corrected chi connectivity index (χ4v) is 8.69. The van der Waals surface area contributed by atoms with Crippen LogP contribution in [0.5, 0.6) is 0 Å². The van der Waals surface area contributed by atoms with Crippen LogP contribution in [0, 0.1) is 5.41 Å². The molecule has 0 fully saturated rings. The van der Waals surface area contributed by atoms with Gasteiger partial charge in [0.2, 0.25) is 5.91 Å². The largest absolute Gasteiger partial charge is 0.394 e. The molecule has 8 N–H and O–H groups in total. The van der Waals surface area contributed by atoms with Crippen molar-refractivity contribution in [2.24, 2.45) is 5.41 Å². The summed E-state index contributed by atoms with van der Waals surface area (Å²) in [5, 5.41) is 65.2. The number of aliphatic hydroxyl groups excluding tert-OH is 6. The minimum absolute atomic E-state index is 0.0675. The zero-order valence-electron chi connectivity index (χ0n) is 28.7. The summed E-state index contributed by atoms with van der Waals surface area (Å²) < 4.78 is 27.8. The minimum Gasteiger partial charge on any atom is -0.394 e. The third-order valence-electron chi connectivity index (χ3n) is 9.52. The van der Waals surface area contributed by atoms with E-state index in [0.717, 1.165) is 18.5 Å². The molecule has 0 radical (unpaired) electrons. The number of carbonyl (C=O) groups excluding carboxylic acids is 2. The summed E-state index contributed by atoms with van der Waals surface area (Å²) in [4.78, 5) is 27.1. The maximum Gasteiger partial charge on any atom is 0.251 e. The van der Waals surface area contributed by atoms with Crippen LogP contribution in [0.15, 0.2) is 47.4 Å². The van der Waals surface area contributed by atoms with Crippen molar-refractivity contribution < 1.29 is 48.6 Å². The lowest BCUT2D eigenvalue weighted by Gasteiger charge is -2.39. The number of hydrogen-bond donors (Lipinski definition) is 8. The lowest BCUT2D eigenvalue weighted by Crippen LogP contribution is -2.51. The van der Waals surface area contributed by atoms with E-state index in [9.17, 15) is 43.5 Å². The van der Waals surface area contributed by atoms with Crippen LogP contribution in [0.2, 0.25) is 0 Å². The van der Waals surface area contributed by atoms with E-state index in [2.05, 4.69) is 10.6 Å². The molecule has 0 aliphatic carbocycles. The van der Waals surface area contributed by atoms with Gasteiger partial charge in [0.1, 0.15) is 18.3 Å². The van der Waals surface area contributed by atoms with Gasteiger partial charge in [-0.3, -0.25) is 9.59 Å². The number of nitrogens with one attached hydrogen (secondary N) is 2. The molecule has 0 saturated heterocycles. The van der Waals surface area contributed by atoms with Crippen LogP contribution in [0.25, 0.3) is 0 Å². The summed E-state index contributed by atoms with van der Waals surface area (Å²) in [5.41, 5.74) is 1.60. The Morgan fingerprint density at radius 2 is 1.71 bits per heavy atom. The predicted molar refractivity (Wildman–Crippen MR) is 186 cm³/mol. The molecule has 1 heterocycles. The number of amides is 2. The maximum absolute atomic E-state index is 13.9. The van der Waals surface area contributed by atoms with E-state index in [1.807, 2.05) is 45.0 Å². The molecule has 3 rings (SSSR count). The Bertz CT molecular complexity index is 1520. The van der Waals surface area contributed by atoms with Gasteiger partial charge in [-0.05, 0) is 67.1 Å². The van der Waals surface area contributed by atoms with E-state index >= 15 is 0 Å². The number of aliphatic hydroxyl groups is 6. The molecule has 13 nitrogen and oxygen atoms in total. The Morgan fingerprint density at radius 1 is 1.00 bits per heavy atom. The van der Waals surface area contributed by atoms with Crippen molar-refractivity contribution in [2.45, 2.75) is 100 Å². The number of benzene rings is 2. The van der Waals surface area contributed by atoms with E-state index in [-0.39, 0.29) is 29.5 Å². The number of hydrogen-bond acceptors (Lipinski definition) is 11. The molecule has 14 heteroatoms. The van der Waals surface area contributed by atoms with Gasteiger partial charge < -0.3 is 46.2 Å². The molecule has 2 aromatic carbocycles. The maximum atomic E-state index is 13.9. The molecule has 274 valence electrons. The van der Waals surface area contributed by atoms with Gasteiger partial charge in [-0.1, -0.05) is 38.8 Å². The Labute approximate surface area is 288 Å². The van der Waals surface area contributed by atoms with Gasteiger partial charge in [0, 0.05) is 49.8 Å². The van der Waals surface area contributed by atoms with Crippen molar-refractivity contribution in [3.05, 3.63) is 53.6 Å². The number of fused-ring (bicyclic) bond motifs is 1. The quantitative estimate of drug-likeness (QED) is 0.110. The fourth-order valence-electron chi connectivity index (χ4n) is 6.44. The first-order chi connectivity index (χ1) is 23.1. The van der Waals surface area contributed by atoms with E-state index in [4.69, 9.17) is 5.11 Å². The van der Waals surface area contributed by atoms with Gasteiger partial charge in [-0.15, -0.1) is 0 Å². The van der Waals surface area contributed by atoms with Crippen molar-refractivity contribution in [2.75, 3.05) is 43.2 Å². The SMILES string of the molecule is CCCC[C@@]1(CC)CS(=O)(=O)c2ccc(N(C)C)cc2[C@H](c2cccc(NC(=O)CCCCNC(=O)[C@H](O)[C@@H](O)[C@H](O)[C@H](O)CO)c2)[C@@H]1O. The van der Waals surface area contributed by atoms with Crippen LogP contribution in [-0.4, -0.2) is 114 Å². The number of carbonyl (C=O) groups is 2. The standard InChI is InChI=1S/C35H53N3O10S/c1-5-7-16-35(6-2)21-49(47,48)27-15-14-24(38(3)4)19-25(27)29(33(35)45)22-11-10-12-23(18-22)37-28(41)13-8-9-17-36-34(46)32(44)31(43)30(42)26(40)20-39/h10-12,14-15,18-19,26,29-33,39-40,42-45H,5-9,13,16-17,20-21H2,1-4H3,(H,36,46)(H,37,41)/t26-,29+,30-,31+,32-,33+,35+/m1/s1. The van der Waals surface area contributed by atoms with E-state index in [1.54, 1.807) is 30.3 Å². The van der Waals surface area contributed by atoms with Gasteiger partial charge in [-0.2, -0.15) is 0 Å². The summed E-state index contributed by atoms with van der Waals surface area (Å²) in [7, 11) is -0.00900. The van der Waals surface area contributed by atoms with Crippen LogP contribution in [0.3, 0.4) is 0 Å². The Hall–Kier alpha value is -3.11. The summed E-state index contributed by atoms with van der Waals surface area (Å²) in [6.45, 7) is 3.17. The van der Waals surface area contributed by atoms with Crippen LogP contribution in [0.4, 0.5) is 11.4 Å². The molecule has 2 aromatic rings. The van der Waals surface area contributed by atoms with Crippen LogP contribution < -0.4 is 15.5 Å². The number of sulfone groups is 1. The van der Waals surface area contributed by atoms with Gasteiger partial charge in [0.05, 0.1) is 23.4 Å². The molecule has 1 aliphatic rings. The zero-order chi connectivity index (χ0) is 36.5. The highest BCUT2D eigenvalue weighted by atomic mass is 32.2. The summed E-state index contributed by atoms with van der Waals surface area (Å²) >= 11 is 0. The first-order valence-electron chi connectivity index (χ1n) is 16.8. The second-order valence-electron chi connectivity index (χ2n) is 13.2. The van der Waals surface area contributed by atoms with Crippen molar-refractivity contribution in [3.8, 4) is 0 Å². The summed E-state index contributed by atoms with van der Waals surface area (Å²) in [5.74, 6) is -2.11. The second kappa shape index (κ2) is 17.7. The smallest absolute Gasteiger partial charge is 0.251 e. The molecule has 7 atom stereocenters. The molecule has 0 aromatic heterocycles. The average molecular weight is 708 g/mol. The molecule has 0 bridgehead atoms. The molecule has 49 heavy (non-hydrogen) atoms. The normalized spacial score (nSPS) is 22.6. The summed E-state index contributed by atoms with van der Waals surface area (Å²) in [6, 6.07) is 12.3. The van der Waals surface area contributed by atoms with Gasteiger partial charge in [0.25, 0.3) is 5.91 Å².